The van der Waals surface area contributed by atoms with Gasteiger partial charge >= 0.3 is 5.97 Å². The first-order chi connectivity index (χ1) is 7.04. The molecule has 0 radical (unpaired) electrons. The number of nitrogens with one attached hydrogen (secondary N) is 1. The molecular weight excluding hydrogens is 199 g/mol. The molecule has 0 spiro atoms. The molecule has 1 aromatic rings. The number of carbonyl (C=O) groups excluding carboxylic acids is 1. The van der Waals surface area contributed by atoms with Gasteiger partial charge in [-0.2, -0.15) is 0 Å². The molecule has 0 saturated carbocycles. The highest BCUT2D eigenvalue weighted by molar-refractivity contribution is 5.80. The number of carbonyl (C=O) groups is 1. The van der Waals surface area contributed by atoms with E-state index in [4.69, 9.17) is 5.73 Å². The highest BCUT2D eigenvalue weighted by atomic mass is 19.1. The molecule has 0 aliphatic rings. The van der Waals surface area contributed by atoms with Gasteiger partial charge in [-0.1, -0.05) is 0 Å². The smallest absolute Gasteiger partial charge is 0.327 e. The van der Waals surface area contributed by atoms with E-state index in [0.29, 0.717) is 5.69 Å². The molecule has 15 heavy (non-hydrogen) atoms. The molecule has 1 atom stereocenters. The molecule has 0 aromatic heterocycles. The third-order valence-corrected chi connectivity index (χ3v) is 1.94. The van der Waals surface area contributed by atoms with Gasteiger partial charge in [0.25, 0.3) is 0 Å². The van der Waals surface area contributed by atoms with Gasteiger partial charge in [-0.05, 0) is 25.1 Å². The Morgan fingerprint density at radius 2 is 2.27 bits per heavy atom. The number of hydrogen-bond donors (Lipinski definition) is 2. The number of methoxy groups -OCH3 is 1. The topological polar surface area (TPSA) is 64.3 Å². The van der Waals surface area contributed by atoms with E-state index < -0.39 is 17.8 Å². The van der Waals surface area contributed by atoms with Gasteiger partial charge in [0.05, 0.1) is 18.5 Å². The van der Waals surface area contributed by atoms with Gasteiger partial charge in [0.1, 0.15) is 11.9 Å². The van der Waals surface area contributed by atoms with Gasteiger partial charge in [-0.15, -0.1) is 0 Å². The molecular formula is C10H13FN2O2. The van der Waals surface area contributed by atoms with Crippen LogP contribution < -0.4 is 11.1 Å². The Morgan fingerprint density at radius 1 is 1.60 bits per heavy atom. The van der Waals surface area contributed by atoms with Crippen molar-refractivity contribution in [1.29, 1.82) is 0 Å². The Bertz CT molecular complexity index is 368. The zero-order valence-electron chi connectivity index (χ0n) is 8.58. The van der Waals surface area contributed by atoms with Crippen molar-refractivity contribution in [3.63, 3.8) is 0 Å². The second-order valence-electron chi connectivity index (χ2n) is 3.12. The molecule has 0 bridgehead atoms. The molecule has 4 nitrogen and oxygen atoms in total. The van der Waals surface area contributed by atoms with Gasteiger partial charge < -0.3 is 15.8 Å². The molecule has 5 heteroatoms. The number of nitrogen functional groups attached to an aromatic ring is 1. The molecule has 0 amide bonds. The summed E-state index contributed by atoms with van der Waals surface area (Å²) in [4.78, 5) is 11.1. The third kappa shape index (κ3) is 2.83. The number of hydrogen-bond acceptors (Lipinski definition) is 4. The Labute approximate surface area is 87.2 Å². The molecule has 0 heterocycles. The first-order valence-electron chi connectivity index (χ1n) is 4.44. The molecule has 82 valence electrons. The van der Waals surface area contributed by atoms with Crippen LogP contribution in [-0.2, 0) is 9.53 Å². The molecule has 0 aliphatic heterocycles. The summed E-state index contributed by atoms with van der Waals surface area (Å²) in [5.41, 5.74) is 6.32. The lowest BCUT2D eigenvalue weighted by Crippen LogP contribution is -2.27. The van der Waals surface area contributed by atoms with E-state index >= 15 is 0 Å². The van der Waals surface area contributed by atoms with Crippen molar-refractivity contribution in [2.75, 3.05) is 18.2 Å². The standard InChI is InChI=1S/C10H13FN2O2/c1-6(10(14)15-2)13-9-4-3-7(11)5-8(9)12/h3-6,13H,12H2,1-2H3. The number of nitrogens with two attached hydrogens (primary N) is 1. The molecule has 1 aromatic carbocycles. The lowest BCUT2D eigenvalue weighted by atomic mass is 10.2. The summed E-state index contributed by atoms with van der Waals surface area (Å²) in [5.74, 6) is -0.817. The van der Waals surface area contributed by atoms with Crippen molar-refractivity contribution >= 4 is 17.3 Å². The Morgan fingerprint density at radius 3 is 2.80 bits per heavy atom. The van der Waals surface area contributed by atoms with Crippen molar-refractivity contribution in [2.24, 2.45) is 0 Å². The summed E-state index contributed by atoms with van der Waals surface area (Å²) in [6, 6.07) is 3.40. The number of esters is 1. The van der Waals surface area contributed by atoms with Crippen LogP contribution in [-0.4, -0.2) is 19.1 Å². The second-order valence-corrected chi connectivity index (χ2v) is 3.12. The minimum Gasteiger partial charge on any atom is -0.467 e. The molecule has 0 fully saturated rings. The average molecular weight is 212 g/mol. The molecule has 0 saturated heterocycles. The molecule has 0 aliphatic carbocycles. The van der Waals surface area contributed by atoms with E-state index in [1.165, 1.54) is 25.3 Å². The summed E-state index contributed by atoms with van der Waals surface area (Å²) >= 11 is 0. The summed E-state index contributed by atoms with van der Waals surface area (Å²) in [6.07, 6.45) is 0. The maximum atomic E-state index is 12.7. The third-order valence-electron chi connectivity index (χ3n) is 1.94. The predicted octanol–water partition coefficient (Wildman–Crippen LogP) is 1.38. The van der Waals surface area contributed by atoms with Gasteiger partial charge in [0, 0.05) is 0 Å². The summed E-state index contributed by atoms with van der Waals surface area (Å²) < 4.78 is 17.2. The van der Waals surface area contributed by atoms with Crippen molar-refractivity contribution in [3.8, 4) is 0 Å². The number of ether oxygens (including phenoxy) is 1. The van der Waals surface area contributed by atoms with Crippen LogP contribution in [0.15, 0.2) is 18.2 Å². The number of halogens is 1. The first-order valence-corrected chi connectivity index (χ1v) is 4.44. The van der Waals surface area contributed by atoms with Gasteiger partial charge in [0.2, 0.25) is 0 Å². The number of anilines is 2. The van der Waals surface area contributed by atoms with Crippen LogP contribution in [0, 0.1) is 5.82 Å². The van der Waals surface area contributed by atoms with Crippen LogP contribution in [0.1, 0.15) is 6.92 Å². The van der Waals surface area contributed by atoms with E-state index in [1.54, 1.807) is 6.92 Å². The van der Waals surface area contributed by atoms with E-state index in [2.05, 4.69) is 10.1 Å². The average Bonchev–Trinajstić information content (AvgIpc) is 2.20. The van der Waals surface area contributed by atoms with Crippen molar-refractivity contribution in [2.45, 2.75) is 13.0 Å². The zero-order valence-corrected chi connectivity index (χ0v) is 8.58. The highest BCUT2D eigenvalue weighted by Crippen LogP contribution is 2.19. The summed E-state index contributed by atoms with van der Waals surface area (Å²) in [5, 5.41) is 2.82. The van der Waals surface area contributed by atoms with E-state index in [-0.39, 0.29) is 5.69 Å². The maximum absolute atomic E-state index is 12.7. The fourth-order valence-electron chi connectivity index (χ4n) is 1.13. The van der Waals surface area contributed by atoms with Gasteiger partial charge in [-0.25, -0.2) is 9.18 Å². The van der Waals surface area contributed by atoms with Crippen molar-refractivity contribution < 1.29 is 13.9 Å². The van der Waals surface area contributed by atoms with Gasteiger partial charge in [0.15, 0.2) is 0 Å². The largest absolute Gasteiger partial charge is 0.467 e. The first kappa shape index (κ1) is 11.3. The minimum absolute atomic E-state index is 0.255. The predicted molar refractivity (Wildman–Crippen MR) is 55.9 cm³/mol. The van der Waals surface area contributed by atoms with Crippen LogP contribution in [0.3, 0.4) is 0 Å². The zero-order chi connectivity index (χ0) is 11.4. The number of benzene rings is 1. The quantitative estimate of drug-likeness (QED) is 0.587. The SMILES string of the molecule is COC(=O)C(C)Nc1ccc(F)cc1N. The highest BCUT2D eigenvalue weighted by Gasteiger charge is 2.13. The van der Waals surface area contributed by atoms with E-state index in [0.717, 1.165) is 0 Å². The Balaban J connectivity index is 2.76. The molecule has 3 N–H and O–H groups in total. The van der Waals surface area contributed by atoms with Crippen LogP contribution in [0.2, 0.25) is 0 Å². The molecule has 1 rings (SSSR count). The van der Waals surface area contributed by atoms with Crippen LogP contribution in [0.5, 0.6) is 0 Å². The fraction of sp³-hybridized carbons (Fsp3) is 0.300. The van der Waals surface area contributed by atoms with E-state index in [9.17, 15) is 9.18 Å². The summed E-state index contributed by atoms with van der Waals surface area (Å²) in [6.45, 7) is 1.63. The second kappa shape index (κ2) is 4.63. The lowest BCUT2D eigenvalue weighted by Gasteiger charge is -2.14. The lowest BCUT2D eigenvalue weighted by molar-refractivity contribution is -0.141. The number of rotatable bonds is 3. The minimum atomic E-state index is -0.525. The maximum Gasteiger partial charge on any atom is 0.327 e. The van der Waals surface area contributed by atoms with E-state index in [1.807, 2.05) is 0 Å². The Kier molecular flexibility index (Phi) is 3.49. The normalized spacial score (nSPS) is 11.9. The summed E-state index contributed by atoms with van der Waals surface area (Å²) in [7, 11) is 1.30. The van der Waals surface area contributed by atoms with Gasteiger partial charge in [-0.3, -0.25) is 0 Å². The fourth-order valence-corrected chi connectivity index (χ4v) is 1.13. The van der Waals surface area contributed by atoms with Crippen LogP contribution in [0.25, 0.3) is 0 Å². The molecule has 1 unspecified atom stereocenters. The van der Waals surface area contributed by atoms with Crippen LogP contribution >= 0.6 is 0 Å². The Hall–Kier alpha value is -1.78. The monoisotopic (exact) mass is 212 g/mol. The van der Waals surface area contributed by atoms with Crippen molar-refractivity contribution in [3.05, 3.63) is 24.0 Å². The van der Waals surface area contributed by atoms with Crippen molar-refractivity contribution in [1.82, 2.24) is 0 Å². The van der Waals surface area contributed by atoms with Crippen LogP contribution in [0.4, 0.5) is 15.8 Å².